The number of nitrogen functional groups attached to an aromatic ring is 1. The van der Waals surface area contributed by atoms with Crippen LogP contribution in [-0.4, -0.2) is 182 Å². The van der Waals surface area contributed by atoms with E-state index in [0.29, 0.717) is 23.1 Å². The van der Waals surface area contributed by atoms with Crippen LogP contribution in [0.15, 0.2) is 96.0 Å². The summed E-state index contributed by atoms with van der Waals surface area (Å²) in [6.07, 6.45) is 0.830. The summed E-state index contributed by atoms with van der Waals surface area (Å²) in [4.78, 5) is 150. The number of likely N-dealkylation sites (N-methyl/N-ethyl adjacent to an activating group) is 1. The highest BCUT2D eigenvalue weighted by atomic mass is 19.1. The number of aromatic amines is 1. The molecule has 0 saturated carbocycles. The number of nitrogens with zero attached hydrogens (tertiary/aromatic N) is 5. The number of aryl methyl sites for hydroxylation is 1. The van der Waals surface area contributed by atoms with Gasteiger partial charge in [-0.2, -0.15) is 4.98 Å². The van der Waals surface area contributed by atoms with Crippen LogP contribution < -0.4 is 60.2 Å². The second-order valence-corrected chi connectivity index (χ2v) is 23.5. The molecule has 18 N–H and O–H groups in total. The number of primary amides is 1. The number of phenolic OH excluding ortho intramolecular Hbond substituents is 1. The minimum absolute atomic E-state index is 0.00252. The molecule has 0 aliphatic carbocycles. The average molecular weight is 1300 g/mol. The van der Waals surface area contributed by atoms with Gasteiger partial charge < -0.3 is 80.2 Å². The number of likely N-dealkylation sites (tertiary alicyclic amines) is 1. The maximum Gasteiger partial charge on any atom is 0.288 e. The number of nitrogens with two attached hydrogens (primary N) is 4. The lowest BCUT2D eigenvalue weighted by Gasteiger charge is -2.33. The van der Waals surface area contributed by atoms with Crippen molar-refractivity contribution in [3.63, 3.8) is 0 Å². The molecule has 0 radical (unpaired) electrons. The number of aliphatic imine (C=N–C) groups is 1. The number of hydrogen-bond donors (Lipinski definition) is 14. The van der Waals surface area contributed by atoms with Gasteiger partial charge in [0.05, 0.1) is 6.61 Å². The molecule has 8 atom stereocenters. The molecule has 0 spiro atoms. The minimum Gasteiger partial charge on any atom is -0.508 e. The third-order valence-corrected chi connectivity index (χ3v) is 15.9. The largest absolute Gasteiger partial charge is 0.508 e. The number of hydrogen-bond acceptors (Lipinski definition) is 16. The molecule has 4 aromatic carbocycles. The molecular weight excluding hydrogens is 1220 g/mol. The van der Waals surface area contributed by atoms with Gasteiger partial charge in [-0.1, -0.05) is 80.6 Å². The predicted molar refractivity (Wildman–Crippen MR) is 345 cm³/mol. The number of anilines is 1. The van der Waals surface area contributed by atoms with Gasteiger partial charge in [-0.15, -0.1) is 5.10 Å². The predicted octanol–water partition coefficient (Wildman–Crippen LogP) is -0.273. The molecule has 1 saturated heterocycles. The van der Waals surface area contributed by atoms with E-state index in [2.05, 4.69) is 57.4 Å². The summed E-state index contributed by atoms with van der Waals surface area (Å²) in [6.45, 7) is 4.22. The van der Waals surface area contributed by atoms with Gasteiger partial charge in [-0.05, 0) is 122 Å². The number of nitrogens with one attached hydrogen (secondary N) is 8. The summed E-state index contributed by atoms with van der Waals surface area (Å²) in [6, 6.07) is 13.4. The normalized spacial score (nSPS) is 15.0. The van der Waals surface area contributed by atoms with E-state index in [0.717, 1.165) is 15.7 Å². The third kappa shape index (κ3) is 22.0. The number of H-pyrrole nitrogens is 1. The van der Waals surface area contributed by atoms with Crippen LogP contribution in [0, 0.1) is 11.7 Å². The Balaban J connectivity index is 1.27. The average Bonchev–Trinajstić information content (AvgIpc) is 1.21. The minimum atomic E-state index is -1.72. The van der Waals surface area contributed by atoms with Crippen molar-refractivity contribution in [2.45, 2.75) is 146 Å². The molecule has 1 aliphatic heterocycles. The van der Waals surface area contributed by atoms with Gasteiger partial charge in [-0.25, -0.2) is 4.39 Å². The van der Waals surface area contributed by atoms with Crippen molar-refractivity contribution >= 4 is 81.8 Å². The number of guanidine groups is 1. The first-order chi connectivity index (χ1) is 44.8. The van der Waals surface area contributed by atoms with Crippen LogP contribution >= 0.6 is 0 Å². The number of phenols is 1. The summed E-state index contributed by atoms with van der Waals surface area (Å²) in [5, 5.41) is 47.7. The fraction of sp³-hybridized carbons (Fsp3) is 0.453. The zero-order chi connectivity index (χ0) is 68.6. The maximum atomic E-state index is 15.1. The van der Waals surface area contributed by atoms with Crippen molar-refractivity contribution in [3.05, 3.63) is 119 Å². The van der Waals surface area contributed by atoms with Crippen LogP contribution in [0.4, 0.5) is 10.3 Å². The maximum absolute atomic E-state index is 15.1. The molecule has 0 bridgehead atoms. The van der Waals surface area contributed by atoms with Crippen LogP contribution in [0.2, 0.25) is 0 Å². The molecule has 2 heterocycles. The van der Waals surface area contributed by atoms with E-state index in [1.165, 1.54) is 67.4 Å². The van der Waals surface area contributed by atoms with Crippen LogP contribution in [-0.2, 0) is 62.4 Å². The monoisotopic (exact) mass is 1300 g/mol. The number of halogens is 1. The second-order valence-electron chi connectivity index (χ2n) is 23.5. The van der Waals surface area contributed by atoms with E-state index in [-0.39, 0.29) is 120 Å². The van der Waals surface area contributed by atoms with E-state index in [1.54, 1.807) is 26.0 Å². The van der Waals surface area contributed by atoms with Crippen LogP contribution in [0.3, 0.4) is 0 Å². The standard InChI is InChI=1S/C64H86FN17O12/c1-36(2)32-47(56(88)75-46(17-10-30-71-63(67)68)62(94)82-31-11-18-50(82)58(90)72-37(3)53(66)86)76-55(87)45(16-7-8-29-70-60(92)54-78-64(69)80-79-54)74-59(91)51(33-39-21-26-43(84)27-22-39)81(4)61(93)49(35-83)77-57(89)48(34-41-14-9-13-40-12-5-6-15-44(40)41)73-52(85)28-23-38-19-24-42(65)25-20-38/h5-6,9,12-15,19-22,24-27,36-37,45-51,83-84H,7-8,10-11,16-18,23,28-35H2,1-4H3,(H2,66,86)(H,70,92)(H,72,90)(H,73,85)(H,74,91)(H,75,88)(H,76,87)(H,77,89)(H4,67,68,71)(H3,69,78,79,80)/t37-,45-,46+,47+,48-,49+,50+,51+/m1/s1. The zero-order valence-corrected chi connectivity index (χ0v) is 53.1. The molecule has 506 valence electrons. The number of carbonyl (C=O) groups is 10. The van der Waals surface area contributed by atoms with Gasteiger partial charge in [-0.3, -0.25) is 58.0 Å². The summed E-state index contributed by atoms with van der Waals surface area (Å²) in [5.74, 6) is -9.01. The van der Waals surface area contributed by atoms with Crippen LogP contribution in [0.5, 0.6) is 5.75 Å². The number of benzene rings is 4. The van der Waals surface area contributed by atoms with Crippen molar-refractivity contribution in [3.8, 4) is 5.75 Å². The molecule has 94 heavy (non-hydrogen) atoms. The van der Waals surface area contributed by atoms with E-state index in [1.807, 2.05) is 30.3 Å². The Morgan fingerprint density at radius 1 is 0.734 bits per heavy atom. The number of aromatic nitrogens is 3. The zero-order valence-electron chi connectivity index (χ0n) is 53.1. The van der Waals surface area contributed by atoms with Gasteiger partial charge in [0.2, 0.25) is 64.9 Å². The quantitative estimate of drug-likeness (QED) is 0.0141. The van der Waals surface area contributed by atoms with E-state index < -0.39 is 120 Å². The first kappa shape index (κ1) is 72.8. The Bertz CT molecular complexity index is 3470. The number of rotatable bonds is 35. The summed E-state index contributed by atoms with van der Waals surface area (Å²) in [7, 11) is 1.25. The van der Waals surface area contributed by atoms with E-state index >= 15 is 4.79 Å². The Kier molecular flexibility index (Phi) is 27.5. The Hall–Kier alpha value is -10.3. The summed E-state index contributed by atoms with van der Waals surface area (Å²) < 4.78 is 13.7. The van der Waals surface area contributed by atoms with Crippen LogP contribution in [0.1, 0.15) is 106 Å². The molecule has 5 aromatic rings. The Morgan fingerprint density at radius 2 is 1.37 bits per heavy atom. The van der Waals surface area contributed by atoms with Crippen molar-refractivity contribution in [2.24, 2.45) is 28.1 Å². The smallest absolute Gasteiger partial charge is 0.288 e. The van der Waals surface area contributed by atoms with Gasteiger partial charge in [0.1, 0.15) is 59.9 Å². The fourth-order valence-corrected chi connectivity index (χ4v) is 10.8. The van der Waals surface area contributed by atoms with Crippen molar-refractivity contribution in [1.82, 2.24) is 62.2 Å². The highest BCUT2D eigenvalue weighted by Gasteiger charge is 2.40. The molecule has 0 unspecified atom stereocenters. The molecule has 10 amide bonds. The first-order valence-corrected chi connectivity index (χ1v) is 31.1. The molecule has 1 fully saturated rings. The van der Waals surface area contributed by atoms with Crippen molar-refractivity contribution in [2.75, 3.05) is 39.0 Å². The number of carbonyl (C=O) groups excluding carboxylic acids is 10. The van der Waals surface area contributed by atoms with Gasteiger partial charge in [0.25, 0.3) is 5.91 Å². The van der Waals surface area contributed by atoms with Crippen LogP contribution in [0.25, 0.3) is 10.8 Å². The molecule has 1 aliphatic rings. The molecule has 6 rings (SSSR count). The molecular formula is C64H86FN17O12. The number of unbranched alkanes of at least 4 members (excludes halogenated alkanes) is 1. The second kappa shape index (κ2) is 35.5. The SMILES string of the molecule is CC(C)C[C@H](NC(=O)[C@@H](CCCCNC(=O)c1nc(N)n[nH]1)NC(=O)[C@H](Cc1ccc(O)cc1)N(C)C(=O)[C@H](CO)NC(=O)[C@@H](Cc1cccc2ccccc12)NC(=O)CCc1ccc(F)cc1)C(=O)N[C@@H](CCCN=C(N)N)C(=O)N1CCC[C@H]1C(=O)N[C@H](C)C(N)=O. The number of aliphatic hydroxyl groups is 1. The molecule has 30 heteroatoms. The summed E-state index contributed by atoms with van der Waals surface area (Å²) >= 11 is 0. The Morgan fingerprint density at radius 3 is 2.04 bits per heavy atom. The lowest BCUT2D eigenvalue weighted by atomic mass is 9.97. The number of fused-ring (bicyclic) bond motifs is 1. The Labute approximate surface area is 542 Å². The van der Waals surface area contributed by atoms with Gasteiger partial charge in [0, 0.05) is 45.9 Å². The molecule has 29 nitrogen and oxygen atoms in total. The molecule has 1 aromatic heterocycles. The lowest BCUT2D eigenvalue weighted by molar-refractivity contribution is -0.144. The van der Waals surface area contributed by atoms with Crippen molar-refractivity contribution < 1.29 is 62.5 Å². The first-order valence-electron chi connectivity index (χ1n) is 31.1. The number of amides is 10. The topological polar surface area (TPSA) is 460 Å². The van der Waals surface area contributed by atoms with E-state index in [9.17, 15) is 57.8 Å². The summed E-state index contributed by atoms with van der Waals surface area (Å²) in [5.41, 5.74) is 23.9. The van der Waals surface area contributed by atoms with Crippen molar-refractivity contribution in [1.29, 1.82) is 0 Å². The highest BCUT2D eigenvalue weighted by Crippen LogP contribution is 2.23. The number of aromatic hydroxyl groups is 1. The lowest BCUT2D eigenvalue weighted by Crippen LogP contribution is -2.61. The van der Waals surface area contributed by atoms with E-state index in [4.69, 9.17) is 22.9 Å². The van der Waals surface area contributed by atoms with Gasteiger partial charge >= 0.3 is 0 Å². The van der Waals surface area contributed by atoms with Gasteiger partial charge in [0.15, 0.2) is 5.96 Å². The number of aliphatic hydroxyl groups excluding tert-OH is 1. The fourth-order valence-electron chi connectivity index (χ4n) is 10.8. The third-order valence-electron chi connectivity index (χ3n) is 15.9. The highest BCUT2D eigenvalue weighted by molar-refractivity contribution is 5.99.